The second-order valence-electron chi connectivity index (χ2n) is 5.66. The zero-order valence-electron chi connectivity index (χ0n) is 12.5. The van der Waals surface area contributed by atoms with Gasteiger partial charge in [-0.2, -0.15) is 0 Å². The Morgan fingerprint density at radius 2 is 2.00 bits per heavy atom. The lowest BCUT2D eigenvalue weighted by Crippen LogP contribution is -2.30. The number of anilines is 1. The number of hydrogen-bond acceptors (Lipinski definition) is 5. The zero-order valence-corrected chi connectivity index (χ0v) is 12.5. The Morgan fingerprint density at radius 1 is 1.26 bits per heavy atom. The van der Waals surface area contributed by atoms with Crippen molar-refractivity contribution >= 4 is 5.95 Å². The minimum absolute atomic E-state index is 0.724. The van der Waals surface area contributed by atoms with Crippen LogP contribution in [0.5, 0.6) is 0 Å². The van der Waals surface area contributed by atoms with Crippen molar-refractivity contribution in [3.05, 3.63) is 17.5 Å². The number of rotatable bonds is 7. The normalized spacial score (nSPS) is 15.0. The smallest absolute Gasteiger partial charge is 0.225 e. The molecule has 0 bridgehead atoms. The van der Waals surface area contributed by atoms with Crippen LogP contribution in [0.2, 0.25) is 0 Å². The first kappa shape index (κ1) is 14.2. The molecule has 1 aliphatic carbocycles. The minimum atomic E-state index is 0.724. The SMILES string of the molecule is Cc1nc(N(C)CCN(C)C)ncc1CNC1CC1. The molecule has 0 aromatic carbocycles. The molecule has 5 heteroatoms. The van der Waals surface area contributed by atoms with Gasteiger partial charge in [0.25, 0.3) is 0 Å². The minimum Gasteiger partial charge on any atom is -0.343 e. The van der Waals surface area contributed by atoms with Crippen LogP contribution >= 0.6 is 0 Å². The topological polar surface area (TPSA) is 44.3 Å². The molecule has 2 rings (SSSR count). The van der Waals surface area contributed by atoms with Gasteiger partial charge in [0.2, 0.25) is 5.95 Å². The van der Waals surface area contributed by atoms with Crippen molar-refractivity contribution < 1.29 is 0 Å². The largest absolute Gasteiger partial charge is 0.343 e. The van der Waals surface area contributed by atoms with E-state index in [-0.39, 0.29) is 0 Å². The van der Waals surface area contributed by atoms with Crippen LogP contribution in [0.4, 0.5) is 5.95 Å². The first-order valence-electron chi connectivity index (χ1n) is 6.98. The summed E-state index contributed by atoms with van der Waals surface area (Å²) >= 11 is 0. The van der Waals surface area contributed by atoms with Gasteiger partial charge in [0.15, 0.2) is 0 Å². The standard InChI is InChI=1S/C14H25N5/c1-11-12(9-15-13-5-6-13)10-16-14(17-11)19(4)8-7-18(2)3/h10,13,15H,5-9H2,1-4H3. The van der Waals surface area contributed by atoms with E-state index in [2.05, 4.69) is 46.1 Å². The maximum Gasteiger partial charge on any atom is 0.225 e. The Bertz CT molecular complexity index is 414. The molecule has 0 aliphatic heterocycles. The molecule has 0 saturated heterocycles. The van der Waals surface area contributed by atoms with E-state index in [1.54, 1.807) is 0 Å². The van der Waals surface area contributed by atoms with Gasteiger partial charge in [-0.25, -0.2) is 9.97 Å². The molecule has 5 nitrogen and oxygen atoms in total. The van der Waals surface area contributed by atoms with Crippen LogP contribution in [0.25, 0.3) is 0 Å². The molecule has 19 heavy (non-hydrogen) atoms. The van der Waals surface area contributed by atoms with E-state index < -0.39 is 0 Å². The molecular weight excluding hydrogens is 238 g/mol. The summed E-state index contributed by atoms with van der Waals surface area (Å²) in [6.07, 6.45) is 4.58. The van der Waals surface area contributed by atoms with E-state index in [9.17, 15) is 0 Å². The summed E-state index contributed by atoms with van der Waals surface area (Å²) in [6.45, 7) is 4.89. The Morgan fingerprint density at radius 3 is 2.58 bits per heavy atom. The Balaban J connectivity index is 1.92. The molecule has 106 valence electrons. The van der Waals surface area contributed by atoms with E-state index in [1.165, 1.54) is 18.4 Å². The average Bonchev–Trinajstić information content (AvgIpc) is 3.18. The first-order valence-corrected chi connectivity index (χ1v) is 6.98. The van der Waals surface area contributed by atoms with E-state index in [0.717, 1.165) is 37.3 Å². The van der Waals surface area contributed by atoms with Gasteiger partial charge in [0.1, 0.15) is 0 Å². The molecule has 0 atom stereocenters. The monoisotopic (exact) mass is 263 g/mol. The fourth-order valence-electron chi connectivity index (χ4n) is 1.83. The lowest BCUT2D eigenvalue weighted by molar-refractivity contribution is 0.415. The maximum atomic E-state index is 4.61. The van der Waals surface area contributed by atoms with Crippen molar-refractivity contribution in [1.29, 1.82) is 0 Å². The highest BCUT2D eigenvalue weighted by molar-refractivity contribution is 5.31. The Kier molecular flexibility index (Phi) is 4.71. The molecule has 1 heterocycles. The lowest BCUT2D eigenvalue weighted by atomic mass is 10.2. The summed E-state index contributed by atoms with van der Waals surface area (Å²) in [5, 5.41) is 3.50. The van der Waals surface area contributed by atoms with Crippen LogP contribution in [0.15, 0.2) is 6.20 Å². The third-order valence-electron chi connectivity index (χ3n) is 3.45. The van der Waals surface area contributed by atoms with Gasteiger partial charge < -0.3 is 15.1 Å². The van der Waals surface area contributed by atoms with Crippen LogP contribution in [-0.4, -0.2) is 55.1 Å². The van der Waals surface area contributed by atoms with Gasteiger partial charge in [0.05, 0.1) is 0 Å². The number of likely N-dealkylation sites (N-methyl/N-ethyl adjacent to an activating group) is 2. The van der Waals surface area contributed by atoms with Crippen molar-refractivity contribution in [2.75, 3.05) is 39.1 Å². The van der Waals surface area contributed by atoms with Crippen LogP contribution < -0.4 is 10.2 Å². The maximum absolute atomic E-state index is 4.61. The van der Waals surface area contributed by atoms with Crippen molar-refractivity contribution in [3.8, 4) is 0 Å². The number of hydrogen-bond donors (Lipinski definition) is 1. The summed E-state index contributed by atoms with van der Waals surface area (Å²) in [5.41, 5.74) is 2.28. The lowest BCUT2D eigenvalue weighted by Gasteiger charge is -2.20. The van der Waals surface area contributed by atoms with Crippen molar-refractivity contribution in [2.45, 2.75) is 32.4 Å². The number of aromatic nitrogens is 2. The average molecular weight is 263 g/mol. The summed E-state index contributed by atoms with van der Waals surface area (Å²) in [5.74, 6) is 0.814. The van der Waals surface area contributed by atoms with Crippen molar-refractivity contribution in [1.82, 2.24) is 20.2 Å². The van der Waals surface area contributed by atoms with Crippen LogP contribution in [0, 0.1) is 6.92 Å². The molecule has 1 N–H and O–H groups in total. The van der Waals surface area contributed by atoms with Gasteiger partial charge >= 0.3 is 0 Å². The summed E-state index contributed by atoms with van der Waals surface area (Å²) < 4.78 is 0. The molecule has 0 amide bonds. The fraction of sp³-hybridized carbons (Fsp3) is 0.714. The van der Waals surface area contributed by atoms with E-state index in [0.29, 0.717) is 0 Å². The predicted molar refractivity (Wildman–Crippen MR) is 78.5 cm³/mol. The Labute approximate surface area is 116 Å². The number of nitrogens with zero attached hydrogens (tertiary/aromatic N) is 4. The third-order valence-corrected chi connectivity index (χ3v) is 3.45. The summed E-state index contributed by atoms with van der Waals surface area (Å²) in [7, 11) is 6.19. The summed E-state index contributed by atoms with van der Waals surface area (Å²) in [6, 6.07) is 0.724. The van der Waals surface area contributed by atoms with Gasteiger partial charge in [-0.05, 0) is 33.9 Å². The van der Waals surface area contributed by atoms with Crippen LogP contribution in [0.3, 0.4) is 0 Å². The molecule has 0 radical (unpaired) electrons. The van der Waals surface area contributed by atoms with Gasteiger partial charge in [-0.1, -0.05) is 0 Å². The molecule has 1 saturated carbocycles. The highest BCUT2D eigenvalue weighted by Gasteiger charge is 2.20. The zero-order chi connectivity index (χ0) is 13.8. The van der Waals surface area contributed by atoms with Gasteiger partial charge in [0, 0.05) is 50.2 Å². The second kappa shape index (κ2) is 6.30. The van der Waals surface area contributed by atoms with Gasteiger partial charge in [-0.15, -0.1) is 0 Å². The second-order valence-corrected chi connectivity index (χ2v) is 5.66. The molecule has 1 aliphatic rings. The molecule has 1 aromatic rings. The van der Waals surface area contributed by atoms with E-state index in [4.69, 9.17) is 0 Å². The number of aryl methyl sites for hydroxylation is 1. The molecule has 1 fully saturated rings. The molecule has 1 aromatic heterocycles. The molecular formula is C14H25N5. The van der Waals surface area contributed by atoms with Crippen LogP contribution in [-0.2, 0) is 6.54 Å². The highest BCUT2D eigenvalue weighted by atomic mass is 15.2. The Hall–Kier alpha value is -1.20. The quantitative estimate of drug-likeness (QED) is 0.796. The van der Waals surface area contributed by atoms with E-state index in [1.807, 2.05) is 13.2 Å². The van der Waals surface area contributed by atoms with Crippen LogP contribution in [0.1, 0.15) is 24.1 Å². The fourth-order valence-corrected chi connectivity index (χ4v) is 1.83. The molecule has 0 unspecified atom stereocenters. The highest BCUT2D eigenvalue weighted by Crippen LogP contribution is 2.19. The van der Waals surface area contributed by atoms with Crippen molar-refractivity contribution in [2.24, 2.45) is 0 Å². The van der Waals surface area contributed by atoms with E-state index >= 15 is 0 Å². The third kappa shape index (κ3) is 4.44. The first-order chi connectivity index (χ1) is 9.06. The van der Waals surface area contributed by atoms with Gasteiger partial charge in [-0.3, -0.25) is 0 Å². The molecule has 0 spiro atoms. The van der Waals surface area contributed by atoms with Crippen molar-refractivity contribution in [3.63, 3.8) is 0 Å². The predicted octanol–water partition coefficient (Wildman–Crippen LogP) is 1.03. The summed E-state index contributed by atoms with van der Waals surface area (Å²) in [4.78, 5) is 13.3. The number of nitrogens with one attached hydrogen (secondary N) is 1.